The third-order valence-electron chi connectivity index (χ3n) is 17.0. The van der Waals surface area contributed by atoms with E-state index in [0.717, 1.165) is 55.0 Å². The standard InChI is InChI=1S/C80H72N6O13/c1-47(2)33-35-58-66(97-77(90)63(84-70(87)37-49-21-9-6-10-22-49)39-51-44-81-60-30-18-15-27-55(51)60)42-68-73(76(58)99-79(92)65(86-80(93)95-54-25-13-8-14-26-54)41-53-46-83-62-32-20-17-29-57(53)62)74(89)72-59(36-34-48(3)4)75(94-5)69(43-67(72)96-68)98-78(91)64(85-71(88)38-50-23-11-7-12-24-50)40-52-45-82-61-31-19-16-28-56(52)61/h6-34,42-46,63-65,81-83H,35-41H2,1-5H3,(H,84,87)(H,85,88)(H,86,93)/t63-,64-,65-/m1/s1. The highest BCUT2D eigenvalue weighted by Crippen LogP contribution is 2.43. The van der Waals surface area contributed by atoms with Gasteiger partial charge in [-0.15, -0.1) is 0 Å². The number of esters is 3. The van der Waals surface area contributed by atoms with E-state index >= 15 is 19.2 Å². The number of carbonyl (C=O) groups excluding carboxylic acids is 6. The number of para-hydroxylation sites is 4. The lowest BCUT2D eigenvalue weighted by Gasteiger charge is -2.22. The van der Waals surface area contributed by atoms with Gasteiger partial charge in [0, 0.05) is 93.8 Å². The van der Waals surface area contributed by atoms with E-state index in [9.17, 15) is 14.4 Å². The Balaban J connectivity index is 1.02. The Morgan fingerprint density at radius 2 is 0.859 bits per heavy atom. The van der Waals surface area contributed by atoms with E-state index in [1.807, 2.05) is 155 Å². The minimum absolute atomic E-state index is 0.00735. The van der Waals surface area contributed by atoms with Crippen LogP contribution in [0.1, 0.15) is 66.6 Å². The minimum Gasteiger partial charge on any atom is -0.493 e. The summed E-state index contributed by atoms with van der Waals surface area (Å²) in [5.41, 5.74) is 6.59. The molecular weight excluding hydrogens is 1250 g/mol. The molecule has 4 heterocycles. The molecule has 500 valence electrons. The highest BCUT2D eigenvalue weighted by atomic mass is 16.6. The Labute approximate surface area is 569 Å². The summed E-state index contributed by atoms with van der Waals surface area (Å²) in [5.74, 6) is -4.39. The molecule has 99 heavy (non-hydrogen) atoms. The molecule has 0 bridgehead atoms. The number of rotatable bonds is 25. The van der Waals surface area contributed by atoms with Gasteiger partial charge in [-0.3, -0.25) is 14.4 Å². The van der Waals surface area contributed by atoms with Crippen molar-refractivity contribution < 1.29 is 56.9 Å². The molecule has 0 fully saturated rings. The number of hydrogen-bond donors (Lipinski definition) is 6. The van der Waals surface area contributed by atoms with Crippen molar-refractivity contribution in [2.75, 3.05) is 7.11 Å². The number of allylic oxidation sites excluding steroid dienone is 4. The third kappa shape index (κ3) is 15.7. The predicted octanol–water partition coefficient (Wildman–Crippen LogP) is 13.5. The predicted molar refractivity (Wildman–Crippen MR) is 379 cm³/mol. The van der Waals surface area contributed by atoms with Crippen LogP contribution >= 0.6 is 0 Å². The van der Waals surface area contributed by atoms with Crippen molar-refractivity contribution in [3.05, 3.63) is 267 Å². The number of hydrogen-bond acceptors (Lipinski definition) is 13. The Morgan fingerprint density at radius 1 is 0.455 bits per heavy atom. The first-order chi connectivity index (χ1) is 48.0. The lowest BCUT2D eigenvalue weighted by Crippen LogP contribution is -2.46. The molecule has 0 spiro atoms. The van der Waals surface area contributed by atoms with Crippen molar-refractivity contribution in [1.82, 2.24) is 30.9 Å². The van der Waals surface area contributed by atoms with Crippen LogP contribution in [0.25, 0.3) is 54.6 Å². The summed E-state index contributed by atoms with van der Waals surface area (Å²) in [7, 11) is 1.36. The Morgan fingerprint density at radius 3 is 1.33 bits per heavy atom. The summed E-state index contributed by atoms with van der Waals surface area (Å²) >= 11 is 0. The maximum Gasteiger partial charge on any atom is 0.413 e. The fraction of sp³-hybridized carbons (Fsp3) is 0.188. The fourth-order valence-corrected chi connectivity index (χ4v) is 12.2. The number of methoxy groups -OCH3 is 1. The van der Waals surface area contributed by atoms with Crippen molar-refractivity contribution in [1.29, 1.82) is 0 Å². The lowest BCUT2D eigenvalue weighted by atomic mass is 9.98. The molecule has 19 heteroatoms. The third-order valence-corrected chi connectivity index (χ3v) is 17.0. The quantitative estimate of drug-likeness (QED) is 0.0135. The van der Waals surface area contributed by atoms with Crippen molar-refractivity contribution >= 4 is 90.5 Å². The summed E-state index contributed by atoms with van der Waals surface area (Å²) in [5, 5.41) is 10.6. The van der Waals surface area contributed by atoms with Crippen LogP contribution in [0.5, 0.6) is 28.7 Å². The molecular formula is C80H72N6O13. The Hall–Kier alpha value is -12.3. The number of aromatic nitrogens is 3. The summed E-state index contributed by atoms with van der Waals surface area (Å²) in [4.78, 5) is 114. The van der Waals surface area contributed by atoms with E-state index in [2.05, 4.69) is 30.9 Å². The fourth-order valence-electron chi connectivity index (χ4n) is 12.2. The lowest BCUT2D eigenvalue weighted by molar-refractivity contribution is -0.139. The van der Waals surface area contributed by atoms with Gasteiger partial charge in [-0.25, -0.2) is 19.2 Å². The van der Waals surface area contributed by atoms with Crippen LogP contribution in [0.15, 0.2) is 227 Å². The maximum absolute atomic E-state index is 16.3. The highest BCUT2D eigenvalue weighted by molar-refractivity contribution is 6.01. The Kier molecular flexibility index (Phi) is 20.4. The number of amides is 3. The molecule has 19 nitrogen and oxygen atoms in total. The zero-order valence-electron chi connectivity index (χ0n) is 55.1. The van der Waals surface area contributed by atoms with Gasteiger partial charge in [-0.2, -0.15) is 0 Å². The number of carbonyl (C=O) groups is 6. The van der Waals surface area contributed by atoms with E-state index in [0.29, 0.717) is 16.7 Å². The monoisotopic (exact) mass is 1320 g/mol. The van der Waals surface area contributed by atoms with Gasteiger partial charge in [0.2, 0.25) is 17.2 Å². The zero-order chi connectivity index (χ0) is 69.1. The molecule has 3 atom stereocenters. The molecule has 0 unspecified atom stereocenters. The summed E-state index contributed by atoms with van der Waals surface area (Å²) in [6, 6.07) is 47.5. The molecule has 3 amide bonds. The molecule has 0 aliphatic heterocycles. The summed E-state index contributed by atoms with van der Waals surface area (Å²) in [6.45, 7) is 7.43. The van der Waals surface area contributed by atoms with Crippen molar-refractivity contribution in [3.8, 4) is 28.7 Å². The van der Waals surface area contributed by atoms with Gasteiger partial charge in [-0.05, 0) is 98.7 Å². The molecule has 0 radical (unpaired) electrons. The maximum atomic E-state index is 16.3. The van der Waals surface area contributed by atoms with E-state index < -0.39 is 59.4 Å². The topological polar surface area (TPSA) is 262 Å². The van der Waals surface area contributed by atoms with Gasteiger partial charge >= 0.3 is 24.0 Å². The van der Waals surface area contributed by atoms with Crippen molar-refractivity contribution in [2.45, 2.75) is 90.8 Å². The number of ether oxygens (including phenoxy) is 5. The number of nitrogens with one attached hydrogen (secondary N) is 6. The molecule has 0 aliphatic carbocycles. The summed E-state index contributed by atoms with van der Waals surface area (Å²) < 4.78 is 38.3. The van der Waals surface area contributed by atoms with E-state index in [-0.39, 0.29) is 107 Å². The molecule has 8 aromatic carbocycles. The minimum atomic E-state index is -1.51. The first kappa shape index (κ1) is 66.8. The van der Waals surface area contributed by atoms with Crippen LogP contribution in [0.4, 0.5) is 4.79 Å². The second-order valence-electron chi connectivity index (χ2n) is 24.6. The smallest absolute Gasteiger partial charge is 0.413 e. The van der Waals surface area contributed by atoms with Crippen LogP contribution in [-0.2, 0) is 68.9 Å². The average molecular weight is 1330 g/mol. The van der Waals surface area contributed by atoms with Crippen LogP contribution in [0, 0.1) is 0 Å². The second kappa shape index (κ2) is 30.2. The van der Waals surface area contributed by atoms with E-state index in [1.54, 1.807) is 67.1 Å². The molecule has 6 N–H and O–H groups in total. The largest absolute Gasteiger partial charge is 0.493 e. The molecule has 12 rings (SSSR count). The number of aromatic amines is 3. The molecule has 0 aliphatic rings. The first-order valence-corrected chi connectivity index (χ1v) is 32.5. The molecule has 0 saturated carbocycles. The summed E-state index contributed by atoms with van der Waals surface area (Å²) in [6.07, 6.45) is 7.50. The second-order valence-corrected chi connectivity index (χ2v) is 24.6. The van der Waals surface area contributed by atoms with E-state index in [1.165, 1.54) is 19.2 Å². The van der Waals surface area contributed by atoms with Crippen LogP contribution in [-0.4, -0.2) is 76.0 Å². The van der Waals surface area contributed by atoms with Crippen LogP contribution in [0.3, 0.4) is 0 Å². The molecule has 0 saturated heterocycles. The van der Waals surface area contributed by atoms with Crippen molar-refractivity contribution in [3.63, 3.8) is 0 Å². The zero-order valence-corrected chi connectivity index (χ0v) is 55.1. The van der Waals surface area contributed by atoms with Gasteiger partial charge in [0.05, 0.1) is 25.3 Å². The normalized spacial score (nSPS) is 12.1. The number of H-pyrrole nitrogens is 3. The van der Waals surface area contributed by atoms with Gasteiger partial charge in [0.25, 0.3) is 0 Å². The SMILES string of the molecule is COc1c(OC(=O)[C@@H](Cc2c[nH]c3ccccc23)NC(=O)Cc2ccccc2)cc2oc3cc(OC(=O)[C@@H](Cc4c[nH]c5ccccc45)NC(=O)Cc4ccccc4)c(CC=C(C)C)c(OC(=O)[C@@H](Cc4c[nH]c5ccccc45)NC(=O)Oc4ccccc4)c3c(=O)c2c1CC=C(C)C. The average Bonchev–Trinajstić information content (AvgIpc) is 1.61. The van der Waals surface area contributed by atoms with Gasteiger partial charge in [-0.1, -0.05) is 157 Å². The number of benzene rings is 8. The van der Waals surface area contributed by atoms with Gasteiger partial charge in [0.15, 0.2) is 17.2 Å². The van der Waals surface area contributed by atoms with E-state index in [4.69, 9.17) is 28.1 Å². The van der Waals surface area contributed by atoms with Gasteiger partial charge in [0.1, 0.15) is 46.2 Å². The molecule has 4 aromatic heterocycles. The Bertz CT molecular complexity index is 5140. The van der Waals surface area contributed by atoms with Crippen LogP contribution < -0.4 is 45.1 Å². The number of fused-ring (bicyclic) bond motifs is 5. The van der Waals surface area contributed by atoms with Crippen LogP contribution in [0.2, 0.25) is 0 Å². The van der Waals surface area contributed by atoms with Gasteiger partial charge < -0.3 is 59.0 Å². The first-order valence-electron chi connectivity index (χ1n) is 32.5. The highest BCUT2D eigenvalue weighted by Gasteiger charge is 2.34. The molecule has 12 aromatic rings. The van der Waals surface area contributed by atoms with Crippen molar-refractivity contribution in [2.24, 2.45) is 0 Å².